The standard InChI is InChI=1S/C10H22O7P2/c1-5-14-18(12,15-6-2)9-8-10(4,11)19(13,17-9)16-7-3/h9,11H,5-8H2,1-4H3. The van der Waals surface area contributed by atoms with Crippen LogP contribution in [-0.2, 0) is 27.2 Å². The van der Waals surface area contributed by atoms with Gasteiger partial charge in [-0.05, 0) is 27.7 Å². The third-order valence-electron chi connectivity index (χ3n) is 2.68. The Morgan fingerprint density at radius 1 is 1.32 bits per heavy atom. The molecule has 1 saturated heterocycles. The van der Waals surface area contributed by atoms with E-state index in [9.17, 15) is 14.2 Å². The van der Waals surface area contributed by atoms with Gasteiger partial charge in [-0.3, -0.25) is 13.7 Å². The minimum absolute atomic E-state index is 0.119. The van der Waals surface area contributed by atoms with Crippen LogP contribution in [0.1, 0.15) is 34.1 Å². The van der Waals surface area contributed by atoms with E-state index >= 15 is 0 Å². The summed E-state index contributed by atoms with van der Waals surface area (Å²) in [7, 11) is -7.33. The molecule has 0 aliphatic carbocycles. The zero-order chi connectivity index (χ0) is 14.7. The molecule has 1 aliphatic rings. The smallest absolute Gasteiger partial charge is 0.362 e. The molecule has 3 atom stereocenters. The van der Waals surface area contributed by atoms with Crippen molar-refractivity contribution in [2.24, 2.45) is 0 Å². The quantitative estimate of drug-likeness (QED) is 0.722. The molecule has 0 saturated carbocycles. The van der Waals surface area contributed by atoms with Crippen molar-refractivity contribution in [3.05, 3.63) is 0 Å². The van der Waals surface area contributed by atoms with Crippen molar-refractivity contribution in [2.75, 3.05) is 19.8 Å². The maximum atomic E-state index is 12.5. The summed E-state index contributed by atoms with van der Waals surface area (Å²) in [5, 5.41) is 8.47. The molecule has 1 N–H and O–H groups in total. The summed E-state index contributed by atoms with van der Waals surface area (Å²) in [6.07, 6.45) is -0.123. The lowest BCUT2D eigenvalue weighted by molar-refractivity contribution is 0.119. The van der Waals surface area contributed by atoms with Gasteiger partial charge in [0.15, 0.2) is 11.2 Å². The molecular formula is C10H22O7P2. The Labute approximate surface area is 113 Å². The lowest BCUT2D eigenvalue weighted by atomic mass is 10.3. The summed E-state index contributed by atoms with van der Waals surface area (Å²) in [5.74, 6) is -1.08. The Morgan fingerprint density at radius 2 is 1.84 bits per heavy atom. The van der Waals surface area contributed by atoms with Gasteiger partial charge in [0, 0.05) is 6.42 Å². The average Bonchev–Trinajstić information content (AvgIpc) is 2.51. The number of rotatable bonds is 7. The first kappa shape index (κ1) is 17.3. The van der Waals surface area contributed by atoms with Gasteiger partial charge in [-0.25, -0.2) is 0 Å². The van der Waals surface area contributed by atoms with E-state index < -0.39 is 26.4 Å². The van der Waals surface area contributed by atoms with Gasteiger partial charge in [0.05, 0.1) is 19.8 Å². The molecule has 0 radical (unpaired) electrons. The van der Waals surface area contributed by atoms with Crippen molar-refractivity contribution in [1.29, 1.82) is 0 Å². The van der Waals surface area contributed by atoms with E-state index in [1.807, 2.05) is 0 Å². The molecule has 7 nitrogen and oxygen atoms in total. The summed E-state index contributed by atoms with van der Waals surface area (Å²) < 4.78 is 45.5. The summed E-state index contributed by atoms with van der Waals surface area (Å²) in [4.78, 5) is 0. The van der Waals surface area contributed by atoms with Gasteiger partial charge in [-0.15, -0.1) is 0 Å². The van der Waals surface area contributed by atoms with Crippen LogP contribution in [0.5, 0.6) is 0 Å². The van der Waals surface area contributed by atoms with E-state index in [2.05, 4.69) is 0 Å². The highest BCUT2D eigenvalue weighted by atomic mass is 31.2. The summed E-state index contributed by atoms with van der Waals surface area (Å²) in [5.41, 5.74) is 0. The van der Waals surface area contributed by atoms with Crippen molar-refractivity contribution < 1.29 is 32.3 Å². The van der Waals surface area contributed by atoms with Gasteiger partial charge in [-0.2, -0.15) is 0 Å². The number of hydrogen-bond acceptors (Lipinski definition) is 7. The Morgan fingerprint density at radius 3 is 2.26 bits per heavy atom. The van der Waals surface area contributed by atoms with Crippen LogP contribution in [0.25, 0.3) is 0 Å². The molecule has 1 heterocycles. The van der Waals surface area contributed by atoms with Gasteiger partial charge >= 0.3 is 15.2 Å². The summed E-state index contributed by atoms with van der Waals surface area (Å²) in [6, 6.07) is 0. The van der Waals surface area contributed by atoms with Gasteiger partial charge in [0.1, 0.15) is 0 Å². The topological polar surface area (TPSA) is 91.3 Å². The first-order valence-electron chi connectivity index (χ1n) is 6.29. The van der Waals surface area contributed by atoms with Crippen molar-refractivity contribution in [3.8, 4) is 0 Å². The van der Waals surface area contributed by atoms with Crippen LogP contribution in [0.4, 0.5) is 0 Å². The zero-order valence-corrected chi connectivity index (χ0v) is 13.5. The molecule has 0 amide bonds. The van der Waals surface area contributed by atoms with Gasteiger partial charge in [0.2, 0.25) is 0 Å². The average molecular weight is 316 g/mol. The predicted octanol–water partition coefficient (Wildman–Crippen LogP) is 2.94. The van der Waals surface area contributed by atoms with Crippen molar-refractivity contribution in [1.82, 2.24) is 0 Å². The number of aliphatic hydroxyl groups is 1. The van der Waals surface area contributed by atoms with Crippen LogP contribution >= 0.6 is 15.2 Å². The SMILES string of the molecule is CCOP(=O)(OCC)C1CC(C)(O)P(=O)(OCC)O1. The van der Waals surface area contributed by atoms with E-state index in [1.54, 1.807) is 20.8 Å². The van der Waals surface area contributed by atoms with E-state index in [0.29, 0.717) is 0 Å². The van der Waals surface area contributed by atoms with Crippen molar-refractivity contribution in [3.63, 3.8) is 0 Å². The van der Waals surface area contributed by atoms with Crippen LogP contribution in [-0.4, -0.2) is 36.1 Å². The second-order valence-corrected chi connectivity index (χ2v) is 8.87. The fourth-order valence-corrected chi connectivity index (χ4v) is 6.20. The molecule has 0 aromatic carbocycles. The molecule has 0 aromatic heterocycles. The molecule has 19 heavy (non-hydrogen) atoms. The van der Waals surface area contributed by atoms with Crippen LogP contribution in [0, 0.1) is 0 Å². The van der Waals surface area contributed by atoms with E-state index in [-0.39, 0.29) is 26.2 Å². The summed E-state index contributed by atoms with van der Waals surface area (Å²) >= 11 is 0. The monoisotopic (exact) mass is 316 g/mol. The molecule has 0 bridgehead atoms. The van der Waals surface area contributed by atoms with Crippen LogP contribution in [0.15, 0.2) is 0 Å². The molecule has 3 unspecified atom stereocenters. The highest BCUT2D eigenvalue weighted by Gasteiger charge is 2.60. The predicted molar refractivity (Wildman–Crippen MR) is 70.2 cm³/mol. The fourth-order valence-electron chi connectivity index (χ4n) is 1.83. The van der Waals surface area contributed by atoms with Crippen LogP contribution in [0.2, 0.25) is 0 Å². The highest BCUT2D eigenvalue weighted by Crippen LogP contribution is 2.73. The third-order valence-corrected chi connectivity index (χ3v) is 7.57. The Kier molecular flexibility index (Phi) is 5.79. The number of hydrogen-bond donors (Lipinski definition) is 1. The largest absolute Gasteiger partial charge is 0.377 e. The third kappa shape index (κ3) is 3.48. The first-order valence-corrected chi connectivity index (χ1v) is 9.44. The van der Waals surface area contributed by atoms with Gasteiger partial charge in [0.25, 0.3) is 0 Å². The Bertz CT molecular complexity index is 385. The Hall–Kier alpha value is 0.260. The second kappa shape index (κ2) is 6.35. The maximum Gasteiger partial charge on any atom is 0.362 e. The Balaban J connectivity index is 2.99. The minimum Gasteiger partial charge on any atom is -0.377 e. The zero-order valence-electron chi connectivity index (χ0n) is 11.7. The fraction of sp³-hybridized carbons (Fsp3) is 1.00. The molecular weight excluding hydrogens is 294 g/mol. The lowest BCUT2D eigenvalue weighted by Gasteiger charge is -2.22. The van der Waals surface area contributed by atoms with Crippen molar-refractivity contribution in [2.45, 2.75) is 45.3 Å². The normalized spacial score (nSPS) is 35.7. The molecule has 0 spiro atoms. The van der Waals surface area contributed by atoms with Crippen LogP contribution < -0.4 is 0 Å². The maximum absolute atomic E-state index is 12.5. The first-order chi connectivity index (χ1) is 8.74. The molecule has 114 valence electrons. The van der Waals surface area contributed by atoms with E-state index in [0.717, 1.165) is 0 Å². The van der Waals surface area contributed by atoms with E-state index in [1.165, 1.54) is 6.92 Å². The van der Waals surface area contributed by atoms with Crippen molar-refractivity contribution >= 4 is 15.2 Å². The summed E-state index contributed by atoms with van der Waals surface area (Å²) in [6.45, 7) is 6.76. The highest BCUT2D eigenvalue weighted by molar-refractivity contribution is 7.59. The van der Waals surface area contributed by atoms with Crippen LogP contribution in [0.3, 0.4) is 0 Å². The molecule has 0 aromatic rings. The van der Waals surface area contributed by atoms with Gasteiger partial charge in [-0.1, -0.05) is 0 Å². The molecule has 9 heteroatoms. The molecule has 1 aliphatic heterocycles. The van der Waals surface area contributed by atoms with E-state index in [4.69, 9.17) is 18.1 Å². The van der Waals surface area contributed by atoms with Gasteiger partial charge < -0.3 is 18.7 Å². The minimum atomic E-state index is -3.75. The molecule has 1 rings (SSSR count). The molecule has 1 fully saturated rings. The second-order valence-electron chi connectivity index (χ2n) is 4.27. The lowest BCUT2D eigenvalue weighted by Crippen LogP contribution is -2.22.